The predicted octanol–water partition coefficient (Wildman–Crippen LogP) is 2.66. The van der Waals surface area contributed by atoms with E-state index >= 15 is 0 Å². The van der Waals surface area contributed by atoms with Crippen molar-refractivity contribution in [2.45, 2.75) is 38.8 Å². The fourth-order valence-electron chi connectivity index (χ4n) is 3.37. The van der Waals surface area contributed by atoms with Gasteiger partial charge >= 0.3 is 0 Å². The van der Waals surface area contributed by atoms with Gasteiger partial charge in [0.05, 0.1) is 28.9 Å². The summed E-state index contributed by atoms with van der Waals surface area (Å²) in [6.07, 6.45) is 2.59. The molecule has 0 unspecified atom stereocenters. The number of hydrogen-bond acceptors (Lipinski definition) is 3. The molecular weight excluding hydrogens is 312 g/mol. The molecule has 5 heteroatoms. The lowest BCUT2D eigenvalue weighted by molar-refractivity contribution is -0.920. The van der Waals surface area contributed by atoms with E-state index in [1.165, 1.54) is 42.1 Å². The topological polar surface area (TPSA) is 33.5 Å². The number of likely N-dealkylation sites (tertiary alicyclic amines) is 1. The maximum atomic E-state index is 12.5. The summed E-state index contributed by atoms with van der Waals surface area (Å²) in [5, 5.41) is 7.36. The summed E-state index contributed by atoms with van der Waals surface area (Å²) in [6, 6.07) is 6.83. The van der Waals surface area contributed by atoms with Gasteiger partial charge in [0, 0.05) is 12.8 Å². The van der Waals surface area contributed by atoms with Crippen LogP contribution in [0, 0.1) is 6.92 Å². The summed E-state index contributed by atoms with van der Waals surface area (Å²) >= 11 is 3.33. The zero-order valence-corrected chi connectivity index (χ0v) is 14.7. The molecule has 0 aliphatic carbocycles. The quantitative estimate of drug-likeness (QED) is 0.865. The maximum absolute atomic E-state index is 12.5. The van der Waals surface area contributed by atoms with Crippen LogP contribution in [-0.2, 0) is 0 Å². The molecule has 0 spiro atoms. The lowest BCUT2D eigenvalue weighted by Crippen LogP contribution is -3.11. The third kappa shape index (κ3) is 3.26. The Kier molecular flexibility index (Phi) is 4.96. The van der Waals surface area contributed by atoms with Crippen molar-refractivity contribution in [3.8, 4) is 0 Å². The number of hydrogen-bond donors (Lipinski definition) is 2. The molecule has 1 amide bonds. The first-order valence-electron chi connectivity index (χ1n) is 7.89. The van der Waals surface area contributed by atoms with Crippen molar-refractivity contribution in [1.82, 2.24) is 5.32 Å². The lowest BCUT2D eigenvalue weighted by Gasteiger charge is -2.29. The number of nitrogens with one attached hydrogen (secondary N) is 2. The van der Waals surface area contributed by atoms with Gasteiger partial charge in [0.1, 0.15) is 6.04 Å². The van der Waals surface area contributed by atoms with Crippen LogP contribution in [0.1, 0.15) is 45.9 Å². The molecule has 3 nitrogen and oxygen atoms in total. The Bertz CT molecular complexity index is 614. The molecule has 2 N–H and O–H groups in total. The van der Waals surface area contributed by atoms with Crippen molar-refractivity contribution in [1.29, 1.82) is 0 Å². The predicted molar refractivity (Wildman–Crippen MR) is 93.0 cm³/mol. The van der Waals surface area contributed by atoms with Crippen molar-refractivity contribution < 1.29 is 9.69 Å². The SMILES string of the molecule is Cc1ccsc1C(=O)N[C@H](C)[C@H](c1cccs1)[NH+]1CCCC1. The molecule has 1 aliphatic heterocycles. The average molecular weight is 336 g/mol. The Morgan fingerprint density at radius 1 is 1.23 bits per heavy atom. The van der Waals surface area contributed by atoms with E-state index in [-0.39, 0.29) is 11.9 Å². The number of carbonyl (C=O) groups excluding carboxylic acids is 1. The Hall–Kier alpha value is -1.17. The fraction of sp³-hybridized carbons (Fsp3) is 0.471. The van der Waals surface area contributed by atoms with E-state index in [2.05, 4.69) is 29.8 Å². The van der Waals surface area contributed by atoms with Gasteiger partial charge in [0.2, 0.25) is 0 Å². The second-order valence-electron chi connectivity index (χ2n) is 6.05. The van der Waals surface area contributed by atoms with Crippen molar-refractivity contribution in [3.05, 3.63) is 44.3 Å². The van der Waals surface area contributed by atoms with E-state index in [0.717, 1.165) is 10.4 Å². The molecule has 0 bridgehead atoms. The summed E-state index contributed by atoms with van der Waals surface area (Å²) in [6.45, 7) is 6.57. The second-order valence-corrected chi connectivity index (χ2v) is 7.95. The highest BCUT2D eigenvalue weighted by Gasteiger charge is 2.34. The van der Waals surface area contributed by atoms with E-state index in [9.17, 15) is 4.79 Å². The van der Waals surface area contributed by atoms with Crippen molar-refractivity contribution in [2.75, 3.05) is 13.1 Å². The van der Waals surface area contributed by atoms with Crippen molar-refractivity contribution in [3.63, 3.8) is 0 Å². The van der Waals surface area contributed by atoms with Gasteiger partial charge in [-0.1, -0.05) is 6.07 Å². The van der Waals surface area contributed by atoms with Gasteiger partial charge in [-0.25, -0.2) is 0 Å². The standard InChI is InChI=1S/C17H22N2OS2/c1-12-7-11-22-16(12)17(20)18-13(2)15(14-6-5-10-21-14)19-8-3-4-9-19/h5-7,10-11,13,15H,3-4,8-9H2,1-2H3,(H,18,20)/p+1/t13-,15-/m1/s1. The first-order valence-corrected chi connectivity index (χ1v) is 9.65. The van der Waals surface area contributed by atoms with E-state index in [1.807, 2.05) is 18.4 Å². The fourth-order valence-corrected chi connectivity index (χ4v) is 5.19. The Morgan fingerprint density at radius 2 is 2.00 bits per heavy atom. The molecule has 0 radical (unpaired) electrons. The normalized spacial score (nSPS) is 18.3. The third-order valence-corrected chi connectivity index (χ3v) is 6.43. The first-order chi connectivity index (χ1) is 10.7. The van der Waals surface area contributed by atoms with E-state index in [4.69, 9.17) is 0 Å². The molecule has 1 aliphatic rings. The van der Waals surface area contributed by atoms with Gasteiger partial charge < -0.3 is 10.2 Å². The molecule has 1 saturated heterocycles. The van der Waals surface area contributed by atoms with Gasteiger partial charge in [-0.3, -0.25) is 4.79 Å². The minimum atomic E-state index is 0.0696. The first kappa shape index (κ1) is 15.7. The van der Waals surface area contributed by atoms with Crippen molar-refractivity contribution >= 4 is 28.6 Å². The minimum absolute atomic E-state index is 0.0696. The molecule has 0 saturated carbocycles. The molecule has 118 valence electrons. The molecule has 0 aromatic carbocycles. The minimum Gasteiger partial charge on any atom is -0.342 e. The summed E-state index contributed by atoms with van der Waals surface area (Å²) < 4.78 is 0. The molecular formula is C17H23N2OS2+. The van der Waals surface area contributed by atoms with E-state index in [1.54, 1.807) is 16.2 Å². The van der Waals surface area contributed by atoms with Crippen LogP contribution < -0.4 is 10.2 Å². The van der Waals surface area contributed by atoms with Crippen LogP contribution >= 0.6 is 22.7 Å². The molecule has 2 aromatic rings. The van der Waals surface area contributed by atoms with Gasteiger partial charge in [-0.05, 0) is 42.3 Å². The van der Waals surface area contributed by atoms with Gasteiger partial charge in [0.25, 0.3) is 5.91 Å². The smallest absolute Gasteiger partial charge is 0.262 e. The number of quaternary nitrogens is 1. The Morgan fingerprint density at radius 3 is 2.59 bits per heavy atom. The summed E-state index contributed by atoms with van der Waals surface area (Å²) in [5.74, 6) is 0.0696. The van der Waals surface area contributed by atoms with Crippen LogP contribution in [0.5, 0.6) is 0 Å². The van der Waals surface area contributed by atoms with Crippen LogP contribution in [-0.4, -0.2) is 25.0 Å². The highest BCUT2D eigenvalue weighted by molar-refractivity contribution is 7.12. The number of carbonyl (C=O) groups is 1. The Labute approximate surface area is 140 Å². The zero-order chi connectivity index (χ0) is 15.5. The maximum Gasteiger partial charge on any atom is 0.262 e. The van der Waals surface area contributed by atoms with Crippen LogP contribution in [0.15, 0.2) is 29.0 Å². The molecule has 1 fully saturated rings. The zero-order valence-electron chi connectivity index (χ0n) is 13.1. The van der Waals surface area contributed by atoms with Crippen LogP contribution in [0.3, 0.4) is 0 Å². The average Bonchev–Trinajstić information content (AvgIpc) is 3.20. The number of rotatable bonds is 5. The largest absolute Gasteiger partial charge is 0.342 e. The van der Waals surface area contributed by atoms with Crippen LogP contribution in [0.2, 0.25) is 0 Å². The molecule has 22 heavy (non-hydrogen) atoms. The van der Waals surface area contributed by atoms with Crippen LogP contribution in [0.4, 0.5) is 0 Å². The highest BCUT2D eigenvalue weighted by atomic mass is 32.1. The van der Waals surface area contributed by atoms with Crippen LogP contribution in [0.25, 0.3) is 0 Å². The van der Waals surface area contributed by atoms with Gasteiger partial charge in [-0.15, -0.1) is 22.7 Å². The van der Waals surface area contributed by atoms with Crippen molar-refractivity contribution in [2.24, 2.45) is 0 Å². The Balaban J connectivity index is 1.76. The molecule has 3 rings (SSSR count). The number of thiophene rings is 2. The van der Waals surface area contributed by atoms with Gasteiger partial charge in [-0.2, -0.15) is 0 Å². The molecule has 2 aromatic heterocycles. The monoisotopic (exact) mass is 335 g/mol. The molecule has 3 heterocycles. The van der Waals surface area contributed by atoms with Gasteiger partial charge in [0.15, 0.2) is 0 Å². The highest BCUT2D eigenvalue weighted by Crippen LogP contribution is 2.22. The third-order valence-electron chi connectivity index (χ3n) is 4.46. The summed E-state index contributed by atoms with van der Waals surface area (Å²) in [4.78, 5) is 16.4. The number of aryl methyl sites for hydroxylation is 1. The molecule has 2 atom stereocenters. The summed E-state index contributed by atoms with van der Waals surface area (Å²) in [5.41, 5.74) is 1.07. The van der Waals surface area contributed by atoms with E-state index < -0.39 is 0 Å². The lowest BCUT2D eigenvalue weighted by atomic mass is 10.1. The number of amides is 1. The second kappa shape index (κ2) is 6.94. The van der Waals surface area contributed by atoms with E-state index in [0.29, 0.717) is 6.04 Å². The summed E-state index contributed by atoms with van der Waals surface area (Å²) in [7, 11) is 0.